The fourth-order valence-electron chi connectivity index (χ4n) is 1.93. The number of hydrogen-bond acceptors (Lipinski definition) is 4. The van der Waals surface area contributed by atoms with Crippen LogP contribution in [0.4, 0.5) is 5.69 Å². The van der Waals surface area contributed by atoms with Crippen molar-refractivity contribution in [3.05, 3.63) is 46.1 Å². The van der Waals surface area contributed by atoms with Crippen LogP contribution in [0.1, 0.15) is 36.7 Å². The molecule has 0 unspecified atom stereocenters. The summed E-state index contributed by atoms with van der Waals surface area (Å²) in [5.74, 6) is -0.0482. The molecule has 0 saturated heterocycles. The third-order valence-corrected chi connectivity index (χ3v) is 3.01. The molecule has 2 rings (SSSR count). The van der Waals surface area contributed by atoms with Gasteiger partial charge in [-0.1, -0.05) is 25.5 Å². The van der Waals surface area contributed by atoms with Gasteiger partial charge in [-0.25, -0.2) is 0 Å². The second-order valence-electron chi connectivity index (χ2n) is 4.47. The number of rotatable bonds is 6. The number of carbonyl (C=O) groups is 1. The Bertz CT molecular complexity index is 634. The summed E-state index contributed by atoms with van der Waals surface area (Å²) in [6.07, 6.45) is 2.19. The van der Waals surface area contributed by atoms with Crippen molar-refractivity contribution in [2.24, 2.45) is 0 Å². The van der Waals surface area contributed by atoms with E-state index in [0.717, 1.165) is 12.8 Å². The highest BCUT2D eigenvalue weighted by Gasteiger charge is 2.17. The molecule has 1 aromatic heterocycles. The molecule has 0 amide bonds. The first-order valence-corrected chi connectivity index (χ1v) is 6.46. The van der Waals surface area contributed by atoms with Crippen LogP contribution in [0, 0.1) is 10.1 Å². The minimum atomic E-state index is -0.450. The number of benzene rings is 1. The number of unbranched alkanes of at least 4 members (excludes halogenated alkanes) is 1. The Kier molecular flexibility index (Phi) is 4.24. The van der Waals surface area contributed by atoms with Crippen molar-refractivity contribution in [2.75, 3.05) is 0 Å². The SMILES string of the molecule is CCCCC(=O)c1cc(-c2ccccc2[N+](=O)[O-])[nH]n1. The molecule has 1 heterocycles. The number of aromatic nitrogens is 2. The van der Waals surface area contributed by atoms with Gasteiger partial charge >= 0.3 is 0 Å². The highest BCUT2D eigenvalue weighted by Crippen LogP contribution is 2.28. The molecule has 0 spiro atoms. The Morgan fingerprint density at radius 2 is 2.15 bits per heavy atom. The Morgan fingerprint density at radius 1 is 1.40 bits per heavy atom. The van der Waals surface area contributed by atoms with E-state index in [-0.39, 0.29) is 11.5 Å². The Hall–Kier alpha value is -2.50. The molecule has 0 aliphatic heterocycles. The van der Waals surface area contributed by atoms with Crippen LogP contribution in [0.2, 0.25) is 0 Å². The number of nitrogens with one attached hydrogen (secondary N) is 1. The summed E-state index contributed by atoms with van der Waals surface area (Å²) in [5, 5.41) is 17.6. The summed E-state index contributed by atoms with van der Waals surface area (Å²) in [4.78, 5) is 22.4. The molecule has 1 N–H and O–H groups in total. The molecule has 6 nitrogen and oxygen atoms in total. The van der Waals surface area contributed by atoms with Crippen LogP contribution in [0.3, 0.4) is 0 Å². The van der Waals surface area contributed by atoms with Gasteiger partial charge in [0.25, 0.3) is 5.69 Å². The van der Waals surface area contributed by atoms with Crippen LogP contribution in [-0.4, -0.2) is 20.9 Å². The van der Waals surface area contributed by atoms with E-state index in [0.29, 0.717) is 23.4 Å². The van der Waals surface area contributed by atoms with Gasteiger partial charge in [0.15, 0.2) is 5.78 Å². The molecule has 0 bridgehead atoms. The summed E-state index contributed by atoms with van der Waals surface area (Å²) in [7, 11) is 0. The number of ketones is 1. The molecule has 1 aromatic carbocycles. The number of para-hydroxylation sites is 1. The van der Waals surface area contributed by atoms with Crippen LogP contribution in [0.15, 0.2) is 30.3 Å². The number of nitro groups is 1. The van der Waals surface area contributed by atoms with Crippen LogP contribution in [0.5, 0.6) is 0 Å². The topological polar surface area (TPSA) is 88.9 Å². The van der Waals surface area contributed by atoms with Crippen molar-refractivity contribution in [3.63, 3.8) is 0 Å². The van der Waals surface area contributed by atoms with Gasteiger partial charge in [0.05, 0.1) is 16.2 Å². The number of aromatic amines is 1. The zero-order valence-corrected chi connectivity index (χ0v) is 11.1. The van der Waals surface area contributed by atoms with Gasteiger partial charge in [-0.2, -0.15) is 5.10 Å². The van der Waals surface area contributed by atoms with Crippen molar-refractivity contribution in [1.82, 2.24) is 10.2 Å². The average molecular weight is 273 g/mol. The standard InChI is InChI=1S/C14H15N3O3/c1-2-3-8-14(18)12-9-11(15-16-12)10-6-4-5-7-13(10)17(19)20/h4-7,9H,2-3,8H2,1H3,(H,15,16). The molecule has 6 heteroatoms. The molecule has 0 atom stereocenters. The Balaban J connectivity index is 2.29. The van der Waals surface area contributed by atoms with E-state index in [4.69, 9.17) is 0 Å². The maximum Gasteiger partial charge on any atom is 0.278 e. The summed E-state index contributed by atoms with van der Waals surface area (Å²) in [6, 6.07) is 7.94. The van der Waals surface area contributed by atoms with Gasteiger partial charge < -0.3 is 0 Å². The minimum absolute atomic E-state index is 0.0105. The van der Waals surface area contributed by atoms with Crippen LogP contribution in [0.25, 0.3) is 11.3 Å². The fourth-order valence-corrected chi connectivity index (χ4v) is 1.93. The van der Waals surface area contributed by atoms with Crippen LogP contribution < -0.4 is 0 Å². The molecule has 0 saturated carbocycles. The number of H-pyrrole nitrogens is 1. The molecule has 0 aliphatic rings. The highest BCUT2D eigenvalue weighted by molar-refractivity contribution is 5.95. The summed E-state index contributed by atoms with van der Waals surface area (Å²) >= 11 is 0. The number of carbonyl (C=O) groups excluding carboxylic acids is 1. The summed E-state index contributed by atoms with van der Waals surface area (Å²) < 4.78 is 0. The van der Waals surface area contributed by atoms with E-state index in [9.17, 15) is 14.9 Å². The smallest absolute Gasteiger partial charge is 0.278 e. The van der Waals surface area contributed by atoms with Gasteiger partial charge in [-0.05, 0) is 18.6 Å². The number of hydrogen-bond donors (Lipinski definition) is 1. The van der Waals surface area contributed by atoms with E-state index < -0.39 is 4.92 Å². The van der Waals surface area contributed by atoms with E-state index in [1.165, 1.54) is 6.07 Å². The van der Waals surface area contributed by atoms with Crippen molar-refractivity contribution in [3.8, 4) is 11.3 Å². The van der Waals surface area contributed by atoms with E-state index >= 15 is 0 Å². The third kappa shape index (κ3) is 2.90. The molecule has 0 aliphatic carbocycles. The lowest BCUT2D eigenvalue weighted by atomic mass is 10.1. The van der Waals surface area contributed by atoms with Gasteiger partial charge in [-0.15, -0.1) is 0 Å². The van der Waals surface area contributed by atoms with Crippen LogP contribution in [-0.2, 0) is 0 Å². The van der Waals surface area contributed by atoms with Gasteiger partial charge in [-0.3, -0.25) is 20.0 Å². The van der Waals surface area contributed by atoms with Gasteiger partial charge in [0.2, 0.25) is 0 Å². The van der Waals surface area contributed by atoms with E-state index in [2.05, 4.69) is 10.2 Å². The van der Waals surface area contributed by atoms with E-state index in [1.807, 2.05) is 6.92 Å². The predicted molar refractivity (Wildman–Crippen MR) is 74.5 cm³/mol. The lowest BCUT2D eigenvalue weighted by Crippen LogP contribution is -1.98. The third-order valence-electron chi connectivity index (χ3n) is 3.01. The lowest BCUT2D eigenvalue weighted by molar-refractivity contribution is -0.384. The monoisotopic (exact) mass is 273 g/mol. The first-order chi connectivity index (χ1) is 9.63. The fraction of sp³-hybridized carbons (Fsp3) is 0.286. The van der Waals surface area contributed by atoms with E-state index in [1.54, 1.807) is 24.3 Å². The maximum atomic E-state index is 11.9. The normalized spacial score (nSPS) is 10.4. The van der Waals surface area contributed by atoms with Crippen molar-refractivity contribution >= 4 is 11.5 Å². The van der Waals surface area contributed by atoms with Gasteiger partial charge in [0.1, 0.15) is 5.69 Å². The first kappa shape index (κ1) is 13.9. The van der Waals surface area contributed by atoms with Crippen molar-refractivity contribution in [2.45, 2.75) is 26.2 Å². The quantitative estimate of drug-likeness (QED) is 0.496. The van der Waals surface area contributed by atoms with Crippen molar-refractivity contribution < 1.29 is 9.72 Å². The molecule has 104 valence electrons. The zero-order valence-electron chi connectivity index (χ0n) is 11.1. The average Bonchev–Trinajstić information content (AvgIpc) is 2.94. The predicted octanol–water partition coefficient (Wildman–Crippen LogP) is 3.36. The second kappa shape index (κ2) is 6.10. The highest BCUT2D eigenvalue weighted by atomic mass is 16.6. The van der Waals surface area contributed by atoms with Crippen molar-refractivity contribution in [1.29, 1.82) is 0 Å². The Labute approximate surface area is 116 Å². The minimum Gasteiger partial charge on any atom is -0.292 e. The lowest BCUT2D eigenvalue weighted by Gasteiger charge is -1.98. The molecular weight excluding hydrogens is 258 g/mol. The molecule has 20 heavy (non-hydrogen) atoms. The zero-order chi connectivity index (χ0) is 14.5. The van der Waals surface area contributed by atoms with Crippen LogP contribution >= 0.6 is 0 Å². The summed E-state index contributed by atoms with van der Waals surface area (Å²) in [6.45, 7) is 2.01. The number of nitro benzene ring substituents is 1. The largest absolute Gasteiger partial charge is 0.292 e. The van der Waals surface area contributed by atoms with Gasteiger partial charge in [0, 0.05) is 12.5 Å². The second-order valence-corrected chi connectivity index (χ2v) is 4.47. The first-order valence-electron chi connectivity index (χ1n) is 6.46. The maximum absolute atomic E-state index is 11.9. The number of nitrogens with zero attached hydrogens (tertiary/aromatic N) is 2. The number of Topliss-reactive ketones (excluding diaryl/α,β-unsaturated/α-hetero) is 1. The molecule has 2 aromatic rings. The molecular formula is C14H15N3O3. The molecule has 0 radical (unpaired) electrons. The Morgan fingerprint density at radius 3 is 2.85 bits per heavy atom. The summed E-state index contributed by atoms with van der Waals surface area (Å²) in [5.41, 5.74) is 1.23. The molecule has 0 fully saturated rings.